The van der Waals surface area contributed by atoms with E-state index < -0.39 is 11.8 Å². The first-order chi connectivity index (χ1) is 12.4. The maximum absolute atomic E-state index is 12.6. The van der Waals surface area contributed by atoms with Crippen molar-refractivity contribution in [3.8, 4) is 0 Å². The lowest BCUT2D eigenvalue weighted by atomic mass is 10.1. The summed E-state index contributed by atoms with van der Waals surface area (Å²) in [5.41, 5.74) is 4.36. The summed E-state index contributed by atoms with van der Waals surface area (Å²) in [4.78, 5) is 37.0. The Morgan fingerprint density at radius 2 is 1.69 bits per heavy atom. The van der Waals surface area contributed by atoms with Crippen molar-refractivity contribution in [3.63, 3.8) is 0 Å². The molecule has 8 nitrogen and oxygen atoms in total. The maximum Gasteiger partial charge on any atom is 0.305 e. The summed E-state index contributed by atoms with van der Waals surface area (Å²) in [5.74, 6) is -0.564. The van der Waals surface area contributed by atoms with Crippen LogP contribution in [0.2, 0.25) is 0 Å². The molecule has 0 aliphatic carbocycles. The Labute approximate surface area is 148 Å². The number of hydrazine groups is 1. The van der Waals surface area contributed by atoms with Crippen molar-refractivity contribution < 1.29 is 14.0 Å². The standard InChI is InChI=1S/C18H18N4O4/c1-10(2)22-18(25)13-7-5-4-6-12(13)15(21-22)17(24)20-19-16(23)14-9-8-11(3)26-14/h4-10H,1-3H3,(H,19,23)(H,20,24). The molecule has 3 aromatic rings. The van der Waals surface area contributed by atoms with Crippen LogP contribution in [0.5, 0.6) is 0 Å². The molecule has 0 saturated heterocycles. The number of hydrogen-bond donors (Lipinski definition) is 2. The molecule has 2 aromatic heterocycles. The average Bonchev–Trinajstić information content (AvgIpc) is 3.06. The van der Waals surface area contributed by atoms with Crippen molar-refractivity contribution in [1.82, 2.24) is 20.6 Å². The van der Waals surface area contributed by atoms with Crippen molar-refractivity contribution >= 4 is 22.6 Å². The number of nitrogens with one attached hydrogen (secondary N) is 2. The van der Waals surface area contributed by atoms with Gasteiger partial charge in [-0.25, -0.2) is 4.68 Å². The topological polar surface area (TPSA) is 106 Å². The summed E-state index contributed by atoms with van der Waals surface area (Å²) in [7, 11) is 0. The van der Waals surface area contributed by atoms with E-state index in [4.69, 9.17) is 4.42 Å². The summed E-state index contributed by atoms with van der Waals surface area (Å²) in [6.45, 7) is 5.30. The van der Waals surface area contributed by atoms with Gasteiger partial charge in [-0.1, -0.05) is 18.2 Å². The quantitative estimate of drug-likeness (QED) is 0.699. The van der Waals surface area contributed by atoms with Crippen LogP contribution in [0.4, 0.5) is 0 Å². The predicted octanol–water partition coefficient (Wildman–Crippen LogP) is 1.95. The second-order valence-corrected chi connectivity index (χ2v) is 6.06. The molecule has 1 aromatic carbocycles. The van der Waals surface area contributed by atoms with Crippen molar-refractivity contribution in [2.45, 2.75) is 26.8 Å². The van der Waals surface area contributed by atoms with Crippen LogP contribution in [0.1, 0.15) is 46.7 Å². The van der Waals surface area contributed by atoms with Crippen LogP contribution in [0.25, 0.3) is 10.8 Å². The van der Waals surface area contributed by atoms with Gasteiger partial charge < -0.3 is 4.42 Å². The fourth-order valence-electron chi connectivity index (χ4n) is 2.52. The molecule has 2 N–H and O–H groups in total. The zero-order valence-electron chi connectivity index (χ0n) is 14.6. The monoisotopic (exact) mass is 354 g/mol. The Morgan fingerprint density at radius 1 is 1.04 bits per heavy atom. The predicted molar refractivity (Wildman–Crippen MR) is 94.8 cm³/mol. The third kappa shape index (κ3) is 3.21. The highest BCUT2D eigenvalue weighted by atomic mass is 16.3. The second-order valence-electron chi connectivity index (χ2n) is 6.06. The highest BCUT2D eigenvalue weighted by molar-refractivity contribution is 6.05. The van der Waals surface area contributed by atoms with Gasteiger partial charge in [0.15, 0.2) is 11.5 Å². The molecule has 0 aliphatic rings. The van der Waals surface area contributed by atoms with E-state index >= 15 is 0 Å². The molecule has 0 unspecified atom stereocenters. The van der Waals surface area contributed by atoms with E-state index in [9.17, 15) is 14.4 Å². The summed E-state index contributed by atoms with van der Waals surface area (Å²) < 4.78 is 6.44. The van der Waals surface area contributed by atoms with Gasteiger partial charge in [-0.05, 0) is 39.0 Å². The summed E-state index contributed by atoms with van der Waals surface area (Å²) in [6.07, 6.45) is 0. The van der Waals surface area contributed by atoms with Crippen LogP contribution in [0.3, 0.4) is 0 Å². The second kappa shape index (κ2) is 6.83. The highest BCUT2D eigenvalue weighted by Crippen LogP contribution is 2.14. The lowest BCUT2D eigenvalue weighted by molar-refractivity contribution is 0.0827. The van der Waals surface area contributed by atoms with Crippen molar-refractivity contribution in [1.29, 1.82) is 0 Å². The number of aryl methyl sites for hydroxylation is 1. The Balaban J connectivity index is 1.91. The lowest BCUT2D eigenvalue weighted by Crippen LogP contribution is -2.42. The van der Waals surface area contributed by atoms with Crippen LogP contribution in [-0.2, 0) is 0 Å². The summed E-state index contributed by atoms with van der Waals surface area (Å²) in [6, 6.07) is 9.63. The van der Waals surface area contributed by atoms with E-state index in [0.29, 0.717) is 16.5 Å². The fourth-order valence-corrected chi connectivity index (χ4v) is 2.52. The van der Waals surface area contributed by atoms with E-state index in [1.165, 1.54) is 10.7 Å². The van der Waals surface area contributed by atoms with Gasteiger partial charge in [-0.2, -0.15) is 5.10 Å². The number of hydrogen-bond acceptors (Lipinski definition) is 5. The van der Waals surface area contributed by atoms with Crippen molar-refractivity contribution in [3.05, 3.63) is 64.0 Å². The number of carbonyl (C=O) groups excluding carboxylic acids is 2. The lowest BCUT2D eigenvalue weighted by Gasteiger charge is -2.13. The molecular weight excluding hydrogens is 336 g/mol. The maximum atomic E-state index is 12.6. The zero-order valence-corrected chi connectivity index (χ0v) is 14.6. The van der Waals surface area contributed by atoms with Gasteiger partial charge in [0, 0.05) is 5.39 Å². The van der Waals surface area contributed by atoms with E-state index in [0.717, 1.165) is 0 Å². The first-order valence-corrected chi connectivity index (χ1v) is 8.07. The molecule has 0 spiro atoms. The van der Waals surface area contributed by atoms with Gasteiger partial charge in [0.2, 0.25) is 0 Å². The number of nitrogens with zero attached hydrogens (tertiary/aromatic N) is 2. The third-order valence-electron chi connectivity index (χ3n) is 3.79. The first-order valence-electron chi connectivity index (χ1n) is 8.07. The van der Waals surface area contributed by atoms with Gasteiger partial charge >= 0.3 is 5.91 Å². The van der Waals surface area contributed by atoms with Crippen LogP contribution >= 0.6 is 0 Å². The molecule has 0 radical (unpaired) electrons. The number of benzene rings is 1. The molecule has 8 heteroatoms. The van der Waals surface area contributed by atoms with E-state index in [2.05, 4.69) is 16.0 Å². The van der Waals surface area contributed by atoms with Gasteiger partial charge in [0.1, 0.15) is 5.76 Å². The number of furan rings is 1. The van der Waals surface area contributed by atoms with Gasteiger partial charge in [0.25, 0.3) is 11.5 Å². The van der Waals surface area contributed by atoms with Crippen molar-refractivity contribution in [2.24, 2.45) is 0 Å². The molecule has 3 rings (SSSR count). The average molecular weight is 354 g/mol. The van der Waals surface area contributed by atoms with E-state index in [1.807, 2.05) is 0 Å². The van der Waals surface area contributed by atoms with E-state index in [-0.39, 0.29) is 23.1 Å². The molecule has 0 aliphatic heterocycles. The third-order valence-corrected chi connectivity index (χ3v) is 3.79. The fraction of sp³-hybridized carbons (Fsp3) is 0.222. The molecule has 2 amide bonds. The zero-order chi connectivity index (χ0) is 18.8. The smallest absolute Gasteiger partial charge is 0.305 e. The van der Waals surface area contributed by atoms with Crippen molar-refractivity contribution in [2.75, 3.05) is 0 Å². The Bertz CT molecular complexity index is 1050. The number of rotatable bonds is 3. The van der Waals surface area contributed by atoms with Crippen LogP contribution in [0, 0.1) is 6.92 Å². The van der Waals surface area contributed by atoms with Crippen LogP contribution in [-0.4, -0.2) is 21.6 Å². The molecular formula is C18H18N4O4. The molecule has 0 fully saturated rings. The minimum absolute atomic E-state index is 0.0461. The van der Waals surface area contributed by atoms with Gasteiger partial charge in [0.05, 0.1) is 11.4 Å². The SMILES string of the molecule is Cc1ccc(C(=O)NNC(=O)c2nn(C(C)C)c(=O)c3ccccc23)o1. The van der Waals surface area contributed by atoms with Crippen LogP contribution < -0.4 is 16.4 Å². The highest BCUT2D eigenvalue weighted by Gasteiger charge is 2.19. The number of carbonyl (C=O) groups is 2. The molecule has 0 bridgehead atoms. The summed E-state index contributed by atoms with van der Waals surface area (Å²) >= 11 is 0. The number of amides is 2. The van der Waals surface area contributed by atoms with Crippen LogP contribution in [0.15, 0.2) is 45.6 Å². The molecule has 26 heavy (non-hydrogen) atoms. The minimum atomic E-state index is -0.632. The molecule has 134 valence electrons. The number of fused-ring (bicyclic) bond motifs is 1. The molecule has 2 heterocycles. The Kier molecular flexibility index (Phi) is 4.57. The van der Waals surface area contributed by atoms with Gasteiger partial charge in [-0.3, -0.25) is 25.2 Å². The molecule has 0 saturated carbocycles. The molecule has 0 atom stereocenters. The minimum Gasteiger partial charge on any atom is -0.456 e. The van der Waals surface area contributed by atoms with Gasteiger partial charge in [-0.15, -0.1) is 0 Å². The summed E-state index contributed by atoms with van der Waals surface area (Å²) in [5, 5.41) is 4.97. The number of aromatic nitrogens is 2. The first kappa shape index (κ1) is 17.4. The normalized spacial score (nSPS) is 10.9. The Hall–Kier alpha value is -3.42. The van der Waals surface area contributed by atoms with E-state index in [1.54, 1.807) is 51.1 Å². The largest absolute Gasteiger partial charge is 0.456 e. The Morgan fingerprint density at radius 3 is 2.31 bits per heavy atom.